The lowest BCUT2D eigenvalue weighted by molar-refractivity contribution is -0.327. The molecule has 1 saturated heterocycles. The average Bonchev–Trinajstić information content (AvgIpc) is 2.82. The molecule has 0 bridgehead atoms. The Labute approximate surface area is 147 Å². The summed E-state index contributed by atoms with van der Waals surface area (Å²) in [6.45, 7) is -0.685. The molecule has 0 saturated carbocycles. The molecule has 1 aliphatic heterocycles. The number of aliphatic hydroxyl groups is 4. The first-order valence-electron chi connectivity index (χ1n) is 8.10. The zero-order chi connectivity index (χ0) is 18.9. The highest BCUT2D eigenvalue weighted by molar-refractivity contribution is 5.17. The second-order valence-electron chi connectivity index (χ2n) is 6.28. The molecule has 1 aromatic heterocycles. The largest absolute Gasteiger partial charge is 0.394 e. The van der Waals surface area contributed by atoms with Gasteiger partial charge in [0.15, 0.2) is 5.60 Å². The van der Waals surface area contributed by atoms with E-state index in [9.17, 15) is 30.0 Å². The molecule has 2 aromatic rings. The third kappa shape index (κ3) is 2.89. The summed E-state index contributed by atoms with van der Waals surface area (Å²) in [5.41, 5.74) is -3.20. The molecule has 1 aliphatic rings. The van der Waals surface area contributed by atoms with Crippen molar-refractivity contribution < 1.29 is 25.2 Å². The van der Waals surface area contributed by atoms with Gasteiger partial charge in [-0.25, -0.2) is 9.36 Å². The van der Waals surface area contributed by atoms with E-state index in [0.29, 0.717) is 4.57 Å². The normalized spacial score (nSPS) is 31.2. The second kappa shape index (κ2) is 6.78. The number of aromatic amines is 1. The van der Waals surface area contributed by atoms with Gasteiger partial charge in [0.25, 0.3) is 11.5 Å². The summed E-state index contributed by atoms with van der Waals surface area (Å²) in [5, 5.41) is 41.9. The van der Waals surface area contributed by atoms with Crippen molar-refractivity contribution in [3.63, 3.8) is 0 Å². The zero-order valence-electron chi connectivity index (χ0n) is 13.8. The Morgan fingerprint density at radius 2 is 1.85 bits per heavy atom. The smallest absolute Gasteiger partial charge is 0.332 e. The predicted octanol–water partition coefficient (Wildman–Crippen LogP) is -1.74. The monoisotopic (exact) mass is 364 g/mol. The van der Waals surface area contributed by atoms with Gasteiger partial charge < -0.3 is 25.2 Å². The predicted molar refractivity (Wildman–Crippen MR) is 89.2 cm³/mol. The fourth-order valence-corrected chi connectivity index (χ4v) is 3.23. The van der Waals surface area contributed by atoms with E-state index in [4.69, 9.17) is 4.74 Å². The number of aryl methyl sites for hydroxylation is 1. The van der Waals surface area contributed by atoms with Gasteiger partial charge in [0.05, 0.1) is 6.61 Å². The quantitative estimate of drug-likeness (QED) is 0.423. The van der Waals surface area contributed by atoms with Crippen LogP contribution in [0.25, 0.3) is 0 Å². The standard InChI is InChI=1S/C17H20N2O7/c20-10-12-14(22)16(24,8-6-11-4-2-1-3-5-11)17(25,26-12)19-9-7-13(21)18-15(19)23/h1-5,7,9,12,14,20,22,24-25H,6,8,10H2,(H,18,21,23)/t12-,14-,16-,17-/m1/s1. The van der Waals surface area contributed by atoms with Crippen LogP contribution in [0, 0.1) is 0 Å². The van der Waals surface area contributed by atoms with Crippen LogP contribution in [-0.2, 0) is 17.1 Å². The third-order valence-corrected chi connectivity index (χ3v) is 4.69. The second-order valence-corrected chi connectivity index (χ2v) is 6.28. The minimum atomic E-state index is -2.67. The molecule has 0 unspecified atom stereocenters. The van der Waals surface area contributed by atoms with Gasteiger partial charge in [0.2, 0.25) is 0 Å². The van der Waals surface area contributed by atoms with Gasteiger partial charge in [-0.2, -0.15) is 0 Å². The van der Waals surface area contributed by atoms with Crippen molar-refractivity contribution in [1.82, 2.24) is 9.55 Å². The Bertz CT molecular complexity index is 880. The molecule has 9 nitrogen and oxygen atoms in total. The van der Waals surface area contributed by atoms with Crippen LogP contribution in [0.5, 0.6) is 0 Å². The minimum Gasteiger partial charge on any atom is -0.394 e. The van der Waals surface area contributed by atoms with Crippen molar-refractivity contribution in [2.45, 2.75) is 36.6 Å². The lowest BCUT2D eigenvalue weighted by Gasteiger charge is -2.38. The number of ether oxygens (including phenoxy) is 1. The molecule has 2 heterocycles. The molecule has 0 aliphatic carbocycles. The first-order valence-corrected chi connectivity index (χ1v) is 8.10. The molecule has 4 atom stereocenters. The molecule has 26 heavy (non-hydrogen) atoms. The molecule has 9 heteroatoms. The van der Waals surface area contributed by atoms with Crippen molar-refractivity contribution in [2.24, 2.45) is 0 Å². The van der Waals surface area contributed by atoms with Gasteiger partial charge in [-0.05, 0) is 18.4 Å². The maximum Gasteiger partial charge on any atom is 0.332 e. The average molecular weight is 364 g/mol. The van der Waals surface area contributed by atoms with E-state index >= 15 is 0 Å². The number of benzene rings is 1. The third-order valence-electron chi connectivity index (χ3n) is 4.69. The van der Waals surface area contributed by atoms with Crippen molar-refractivity contribution in [1.29, 1.82) is 0 Å². The highest BCUT2D eigenvalue weighted by atomic mass is 16.7. The zero-order valence-corrected chi connectivity index (χ0v) is 13.8. The number of H-pyrrole nitrogens is 1. The van der Waals surface area contributed by atoms with Crippen LogP contribution in [0.1, 0.15) is 12.0 Å². The summed E-state index contributed by atoms with van der Waals surface area (Å²) >= 11 is 0. The van der Waals surface area contributed by atoms with Crippen LogP contribution >= 0.6 is 0 Å². The summed E-state index contributed by atoms with van der Waals surface area (Å²) in [6.07, 6.45) is -1.94. The van der Waals surface area contributed by atoms with E-state index in [0.717, 1.165) is 17.8 Å². The fourth-order valence-electron chi connectivity index (χ4n) is 3.23. The first kappa shape index (κ1) is 18.5. The summed E-state index contributed by atoms with van der Waals surface area (Å²) in [6, 6.07) is 10.0. The van der Waals surface area contributed by atoms with Gasteiger partial charge in [-0.3, -0.25) is 9.78 Å². The van der Waals surface area contributed by atoms with E-state index in [-0.39, 0.29) is 12.8 Å². The van der Waals surface area contributed by atoms with Crippen LogP contribution in [0.15, 0.2) is 52.2 Å². The lowest BCUT2D eigenvalue weighted by Crippen LogP contribution is -2.61. The van der Waals surface area contributed by atoms with Crippen molar-refractivity contribution in [2.75, 3.05) is 6.61 Å². The molecule has 5 N–H and O–H groups in total. The highest BCUT2D eigenvalue weighted by Crippen LogP contribution is 2.43. The summed E-state index contributed by atoms with van der Waals surface area (Å²) in [5.74, 6) is -2.67. The summed E-state index contributed by atoms with van der Waals surface area (Å²) < 4.78 is 5.86. The highest BCUT2D eigenvalue weighted by Gasteiger charge is 2.66. The van der Waals surface area contributed by atoms with Gasteiger partial charge in [0.1, 0.15) is 12.2 Å². The van der Waals surface area contributed by atoms with Crippen LogP contribution in [0.3, 0.4) is 0 Å². The molecule has 0 spiro atoms. The van der Waals surface area contributed by atoms with E-state index in [2.05, 4.69) is 0 Å². The van der Waals surface area contributed by atoms with Gasteiger partial charge in [0, 0.05) is 12.3 Å². The number of nitrogens with one attached hydrogen (secondary N) is 1. The first-order chi connectivity index (χ1) is 12.3. The van der Waals surface area contributed by atoms with Gasteiger partial charge >= 0.3 is 5.69 Å². The summed E-state index contributed by atoms with van der Waals surface area (Å²) in [7, 11) is 0. The van der Waals surface area contributed by atoms with Crippen molar-refractivity contribution in [3.05, 3.63) is 69.0 Å². The minimum absolute atomic E-state index is 0.170. The Balaban J connectivity index is 2.02. The van der Waals surface area contributed by atoms with Crippen LogP contribution in [0.2, 0.25) is 0 Å². The van der Waals surface area contributed by atoms with E-state index in [1.54, 1.807) is 24.3 Å². The number of nitrogens with zero attached hydrogens (tertiary/aromatic N) is 1. The van der Waals surface area contributed by atoms with E-state index < -0.39 is 41.6 Å². The van der Waals surface area contributed by atoms with Crippen molar-refractivity contribution >= 4 is 0 Å². The summed E-state index contributed by atoms with van der Waals surface area (Å²) in [4.78, 5) is 25.3. The van der Waals surface area contributed by atoms with Crippen LogP contribution < -0.4 is 11.2 Å². The fraction of sp³-hybridized carbons (Fsp3) is 0.412. The van der Waals surface area contributed by atoms with E-state index in [1.165, 1.54) is 0 Å². The maximum atomic E-state index is 12.1. The molecule has 0 radical (unpaired) electrons. The Hall–Kier alpha value is -2.30. The Kier molecular flexibility index (Phi) is 4.82. The van der Waals surface area contributed by atoms with Crippen molar-refractivity contribution in [3.8, 4) is 0 Å². The number of aromatic nitrogens is 2. The number of hydrogen-bond acceptors (Lipinski definition) is 7. The maximum absolute atomic E-state index is 12.1. The van der Waals surface area contributed by atoms with Crippen LogP contribution in [-0.4, -0.2) is 54.4 Å². The molecule has 3 rings (SSSR count). The SMILES string of the molecule is O=c1ccn([C@]2(O)O[C@H](CO)[C@@H](O)[C@]2(O)CCc2ccccc2)c(=O)[nH]1. The molecule has 1 aromatic carbocycles. The molecule has 1 fully saturated rings. The Morgan fingerprint density at radius 1 is 1.15 bits per heavy atom. The van der Waals surface area contributed by atoms with Gasteiger partial charge in [-0.1, -0.05) is 30.3 Å². The topological polar surface area (TPSA) is 145 Å². The van der Waals surface area contributed by atoms with Crippen LogP contribution in [0.4, 0.5) is 0 Å². The van der Waals surface area contributed by atoms with Gasteiger partial charge in [-0.15, -0.1) is 0 Å². The molecule has 0 amide bonds. The Morgan fingerprint density at radius 3 is 2.46 bits per heavy atom. The number of aliphatic hydroxyl groups excluding tert-OH is 2. The molecular weight excluding hydrogens is 344 g/mol. The van der Waals surface area contributed by atoms with E-state index in [1.807, 2.05) is 11.1 Å². The molecular formula is C17H20N2O7. The number of hydrogen-bond donors (Lipinski definition) is 5. The number of rotatable bonds is 5. The molecule has 140 valence electrons. The lowest BCUT2D eigenvalue weighted by atomic mass is 9.85.